The summed E-state index contributed by atoms with van der Waals surface area (Å²) in [4.78, 5) is 13.0. The van der Waals surface area contributed by atoms with Crippen LogP contribution >= 0.6 is 0 Å². The van der Waals surface area contributed by atoms with Crippen molar-refractivity contribution >= 4 is 33.9 Å². The van der Waals surface area contributed by atoms with E-state index in [2.05, 4.69) is 31.6 Å². The molecule has 0 atom stereocenters. The highest BCUT2D eigenvalue weighted by molar-refractivity contribution is 5.90. The second-order valence-electron chi connectivity index (χ2n) is 9.19. The normalized spacial score (nSPS) is 15.0. The zero-order valence-corrected chi connectivity index (χ0v) is 20.6. The van der Waals surface area contributed by atoms with Gasteiger partial charge >= 0.3 is 6.18 Å². The molecule has 2 N–H and O–H groups in total. The molecule has 0 saturated carbocycles. The Balaban J connectivity index is 1.14. The van der Waals surface area contributed by atoms with Crippen LogP contribution in [0.5, 0.6) is 0 Å². The number of alkyl halides is 3. The Bertz CT molecular complexity index is 1660. The lowest BCUT2D eigenvalue weighted by atomic mass is 10.1. The lowest BCUT2D eigenvalue weighted by molar-refractivity contribution is -0.0686. The summed E-state index contributed by atoms with van der Waals surface area (Å²) in [5.41, 5.74) is 6.24. The number of benzene rings is 1. The van der Waals surface area contributed by atoms with E-state index in [-0.39, 0.29) is 17.2 Å². The van der Waals surface area contributed by atoms with E-state index in [0.717, 1.165) is 12.1 Å². The van der Waals surface area contributed by atoms with Gasteiger partial charge in [-0.2, -0.15) is 27.8 Å². The van der Waals surface area contributed by atoms with Crippen LogP contribution in [-0.4, -0.2) is 73.2 Å². The van der Waals surface area contributed by atoms with E-state index in [9.17, 15) is 17.6 Å². The highest BCUT2D eigenvalue weighted by Gasteiger charge is 2.33. The van der Waals surface area contributed by atoms with Gasteiger partial charge in [0.2, 0.25) is 11.8 Å². The number of piperazine rings is 1. The molecule has 5 aromatic rings. The fraction of sp³-hybridized carbons (Fsp3) is 0.280. The maximum Gasteiger partial charge on any atom is 0.416 e. The summed E-state index contributed by atoms with van der Waals surface area (Å²) in [5, 5.41) is 9.55. The van der Waals surface area contributed by atoms with Gasteiger partial charge in [-0.15, -0.1) is 5.10 Å². The monoisotopic (exact) mass is 541 g/mol. The number of hydrogen-bond donors (Lipinski definition) is 1. The number of fused-ring (bicyclic) bond motifs is 3. The van der Waals surface area contributed by atoms with Crippen LogP contribution in [0, 0.1) is 5.82 Å². The summed E-state index contributed by atoms with van der Waals surface area (Å²) >= 11 is 0. The molecule has 1 fully saturated rings. The summed E-state index contributed by atoms with van der Waals surface area (Å²) in [7, 11) is 0. The Morgan fingerprint density at radius 1 is 1.05 bits per heavy atom. The largest absolute Gasteiger partial charge is 0.461 e. The smallest absolute Gasteiger partial charge is 0.416 e. The van der Waals surface area contributed by atoms with Crippen molar-refractivity contribution in [2.45, 2.75) is 12.7 Å². The van der Waals surface area contributed by atoms with Gasteiger partial charge in [0.05, 0.1) is 35.7 Å². The molecule has 0 radical (unpaired) electrons. The van der Waals surface area contributed by atoms with Crippen LogP contribution in [0.3, 0.4) is 0 Å². The van der Waals surface area contributed by atoms with Gasteiger partial charge < -0.3 is 15.1 Å². The van der Waals surface area contributed by atoms with Crippen LogP contribution in [-0.2, 0) is 6.54 Å². The van der Waals surface area contributed by atoms with Crippen LogP contribution in [0.2, 0.25) is 0 Å². The zero-order valence-electron chi connectivity index (χ0n) is 20.6. The average molecular weight is 542 g/mol. The first-order valence-electron chi connectivity index (χ1n) is 12.1. The minimum Gasteiger partial charge on any atom is -0.461 e. The van der Waals surface area contributed by atoms with Crippen molar-refractivity contribution in [2.24, 2.45) is 0 Å². The van der Waals surface area contributed by atoms with Crippen molar-refractivity contribution in [2.75, 3.05) is 43.4 Å². The number of rotatable bonds is 6. The summed E-state index contributed by atoms with van der Waals surface area (Å²) in [6.45, 7) is 6.38. The van der Waals surface area contributed by atoms with Gasteiger partial charge in [-0.1, -0.05) is 12.6 Å². The Labute approximate surface area is 218 Å². The molecule has 0 unspecified atom stereocenters. The Hall–Kier alpha value is -4.46. The molecule has 202 valence electrons. The molecule has 0 aliphatic carbocycles. The summed E-state index contributed by atoms with van der Waals surface area (Å²) in [5.74, 6) is 0.491. The van der Waals surface area contributed by atoms with E-state index in [4.69, 9.17) is 10.2 Å². The summed E-state index contributed by atoms with van der Waals surface area (Å²) < 4.78 is 62.3. The van der Waals surface area contributed by atoms with Gasteiger partial charge in [-0.05, 0) is 29.8 Å². The SMILES string of the molecule is C=C(c1ccc(F)c(N2CCN(CCn3ncc4c3nc(N)n3nc(-c5ccco5)nc43)CC2)c1)C(F)(F)F. The van der Waals surface area contributed by atoms with Crippen molar-refractivity contribution in [1.29, 1.82) is 0 Å². The predicted molar refractivity (Wildman–Crippen MR) is 136 cm³/mol. The van der Waals surface area contributed by atoms with Crippen molar-refractivity contribution in [3.05, 3.63) is 60.8 Å². The topological polar surface area (TPSA) is 107 Å². The quantitative estimate of drug-likeness (QED) is 0.323. The molecule has 1 aliphatic rings. The van der Waals surface area contributed by atoms with Crippen LogP contribution in [0.4, 0.5) is 29.2 Å². The first kappa shape index (κ1) is 24.9. The minimum absolute atomic E-state index is 0.140. The summed E-state index contributed by atoms with van der Waals surface area (Å²) in [6.07, 6.45) is -1.37. The fourth-order valence-electron chi connectivity index (χ4n) is 4.69. The number of nitrogens with two attached hydrogens (primary N) is 1. The molecular weight excluding hydrogens is 518 g/mol. The van der Waals surface area contributed by atoms with Gasteiger partial charge in [-0.25, -0.2) is 14.1 Å². The number of nitrogens with zero attached hydrogens (tertiary/aromatic N) is 8. The van der Waals surface area contributed by atoms with Gasteiger partial charge in [0.15, 0.2) is 17.1 Å². The number of halogens is 4. The number of allylic oxidation sites excluding steroid dienone is 1. The molecule has 4 aromatic heterocycles. The van der Waals surface area contributed by atoms with E-state index in [1.165, 1.54) is 16.8 Å². The van der Waals surface area contributed by atoms with Gasteiger partial charge in [-0.3, -0.25) is 4.90 Å². The zero-order chi connectivity index (χ0) is 27.3. The molecule has 14 heteroatoms. The third-order valence-electron chi connectivity index (χ3n) is 6.82. The predicted octanol–water partition coefficient (Wildman–Crippen LogP) is 3.85. The highest BCUT2D eigenvalue weighted by Crippen LogP contribution is 2.35. The number of anilines is 2. The van der Waals surface area contributed by atoms with Crippen LogP contribution in [0.15, 0.2) is 53.8 Å². The number of nitrogen functional groups attached to an aromatic ring is 1. The number of hydrogen-bond acceptors (Lipinski definition) is 8. The first-order chi connectivity index (χ1) is 18.7. The van der Waals surface area contributed by atoms with E-state index in [1.54, 1.807) is 27.9 Å². The highest BCUT2D eigenvalue weighted by atomic mass is 19.4. The van der Waals surface area contributed by atoms with E-state index in [1.807, 2.05) is 0 Å². The van der Waals surface area contributed by atoms with Crippen LogP contribution in [0.25, 0.3) is 33.8 Å². The van der Waals surface area contributed by atoms with Gasteiger partial charge in [0, 0.05) is 32.7 Å². The Kier molecular flexibility index (Phi) is 5.98. The van der Waals surface area contributed by atoms with E-state index in [0.29, 0.717) is 67.5 Å². The van der Waals surface area contributed by atoms with Crippen molar-refractivity contribution in [3.8, 4) is 11.6 Å². The molecule has 0 spiro atoms. The second-order valence-corrected chi connectivity index (χ2v) is 9.19. The molecule has 10 nitrogen and oxygen atoms in total. The van der Waals surface area contributed by atoms with Crippen LogP contribution < -0.4 is 10.6 Å². The lowest BCUT2D eigenvalue weighted by Gasteiger charge is -2.36. The standard InChI is InChI=1S/C25H23F4N9O/c1-15(25(27,28)29)16-4-5-18(26)19(13-16)36-9-6-35(7-10-36)8-11-37-22-17(14-31-37)23-32-21(20-3-2-12-39-20)34-38(23)24(30)33-22/h2-5,12-14H,1,6-11H2,(H2,30,33). The molecule has 0 amide bonds. The average Bonchev–Trinajstić information content (AvgIpc) is 3.67. The number of furan rings is 1. The molecular formula is C25H23F4N9O. The minimum atomic E-state index is -4.58. The molecule has 6 rings (SSSR count). The molecule has 1 aliphatic heterocycles. The molecule has 0 bridgehead atoms. The van der Waals surface area contributed by atoms with E-state index < -0.39 is 17.6 Å². The third kappa shape index (κ3) is 4.56. The molecule has 39 heavy (non-hydrogen) atoms. The maximum absolute atomic E-state index is 14.5. The second kappa shape index (κ2) is 9.38. The Morgan fingerprint density at radius 3 is 2.56 bits per heavy atom. The Morgan fingerprint density at radius 2 is 1.85 bits per heavy atom. The van der Waals surface area contributed by atoms with Crippen molar-refractivity contribution < 1.29 is 22.0 Å². The molecule has 1 saturated heterocycles. The first-order valence-corrected chi connectivity index (χ1v) is 12.1. The summed E-state index contributed by atoms with van der Waals surface area (Å²) in [6, 6.07) is 6.87. The fourth-order valence-corrected chi connectivity index (χ4v) is 4.69. The van der Waals surface area contributed by atoms with Crippen molar-refractivity contribution in [1.82, 2.24) is 34.3 Å². The third-order valence-corrected chi connectivity index (χ3v) is 6.82. The van der Waals surface area contributed by atoms with Crippen molar-refractivity contribution in [3.63, 3.8) is 0 Å². The van der Waals surface area contributed by atoms with E-state index >= 15 is 0 Å². The molecule has 5 heterocycles. The van der Waals surface area contributed by atoms with Crippen LogP contribution in [0.1, 0.15) is 5.56 Å². The lowest BCUT2D eigenvalue weighted by Crippen LogP contribution is -2.47. The molecule has 1 aromatic carbocycles. The number of aromatic nitrogens is 6. The van der Waals surface area contributed by atoms with Gasteiger partial charge in [0.1, 0.15) is 5.82 Å². The maximum atomic E-state index is 14.5. The van der Waals surface area contributed by atoms with Gasteiger partial charge in [0.25, 0.3) is 0 Å².